The maximum atomic E-state index is 10.5. The van der Waals surface area contributed by atoms with Crippen molar-refractivity contribution in [3.8, 4) is 10.4 Å². The fourth-order valence-corrected chi connectivity index (χ4v) is 3.42. The second kappa shape index (κ2) is 6.73. The highest BCUT2D eigenvalue weighted by molar-refractivity contribution is 7.22. The van der Waals surface area contributed by atoms with Crippen LogP contribution in [0.2, 0.25) is 0 Å². The minimum atomic E-state index is -0.770. The Morgan fingerprint density at radius 1 is 1.09 bits per heavy atom. The molecule has 0 aliphatic carbocycles. The van der Waals surface area contributed by atoms with Gasteiger partial charge < -0.3 is 10.4 Å². The van der Waals surface area contributed by atoms with Crippen molar-refractivity contribution < 1.29 is 9.90 Å². The van der Waals surface area contributed by atoms with Crippen LogP contribution in [0.5, 0.6) is 0 Å². The van der Waals surface area contributed by atoms with Gasteiger partial charge in [-0.15, -0.1) is 11.3 Å². The van der Waals surface area contributed by atoms with E-state index < -0.39 is 5.97 Å². The predicted molar refractivity (Wildman–Crippen MR) is 91.2 cm³/mol. The number of carboxylic acid groups (broad SMARTS) is 1. The highest BCUT2D eigenvalue weighted by Crippen LogP contribution is 2.33. The molecule has 0 atom stereocenters. The number of carboxylic acids is 1. The van der Waals surface area contributed by atoms with Crippen molar-refractivity contribution in [3.05, 3.63) is 60.2 Å². The minimum Gasteiger partial charge on any atom is -0.481 e. The summed E-state index contributed by atoms with van der Waals surface area (Å²) >= 11 is 1.79. The lowest BCUT2D eigenvalue weighted by Gasteiger charge is -2.03. The first-order valence-electron chi connectivity index (χ1n) is 7.23. The van der Waals surface area contributed by atoms with Crippen LogP contribution >= 0.6 is 11.3 Å². The van der Waals surface area contributed by atoms with Gasteiger partial charge in [0.2, 0.25) is 0 Å². The van der Waals surface area contributed by atoms with Gasteiger partial charge in [0.15, 0.2) is 0 Å². The fourth-order valence-electron chi connectivity index (χ4n) is 2.38. The van der Waals surface area contributed by atoms with E-state index >= 15 is 0 Å². The molecule has 0 fully saturated rings. The molecule has 3 nitrogen and oxygen atoms in total. The molecule has 0 aliphatic rings. The molecular formula is C18H17NO2S. The number of thiophene rings is 1. The Balaban J connectivity index is 1.74. The van der Waals surface area contributed by atoms with Crippen molar-refractivity contribution in [1.82, 2.24) is 5.32 Å². The number of nitrogens with one attached hydrogen (secondary N) is 1. The average molecular weight is 311 g/mol. The second-order valence-electron chi connectivity index (χ2n) is 5.17. The Labute approximate surface area is 133 Å². The Bertz CT molecular complexity index is 780. The van der Waals surface area contributed by atoms with Gasteiger partial charge in [-0.25, -0.2) is 0 Å². The van der Waals surface area contributed by atoms with Gasteiger partial charge in [-0.3, -0.25) is 4.79 Å². The molecule has 1 aromatic heterocycles. The summed E-state index contributed by atoms with van der Waals surface area (Å²) in [5, 5.41) is 13.0. The third-order valence-corrected chi connectivity index (χ3v) is 4.65. The van der Waals surface area contributed by atoms with Crippen molar-refractivity contribution in [3.63, 3.8) is 0 Å². The summed E-state index contributed by atoms with van der Waals surface area (Å²) in [6.07, 6.45) is 0.152. The van der Waals surface area contributed by atoms with Crippen LogP contribution in [0, 0.1) is 0 Å². The molecule has 2 aromatic carbocycles. The summed E-state index contributed by atoms with van der Waals surface area (Å²) in [5.74, 6) is -0.770. The van der Waals surface area contributed by atoms with Gasteiger partial charge in [-0.1, -0.05) is 36.4 Å². The van der Waals surface area contributed by atoms with E-state index in [1.807, 2.05) is 6.07 Å². The van der Waals surface area contributed by atoms with Gasteiger partial charge in [0.05, 0.1) is 6.42 Å². The Morgan fingerprint density at radius 2 is 1.91 bits per heavy atom. The zero-order valence-electron chi connectivity index (χ0n) is 12.1. The van der Waals surface area contributed by atoms with Crippen molar-refractivity contribution >= 4 is 27.4 Å². The number of benzene rings is 2. The lowest BCUT2D eigenvalue weighted by molar-refractivity contribution is -0.136. The van der Waals surface area contributed by atoms with E-state index in [0.717, 1.165) is 0 Å². The number of fused-ring (bicyclic) bond motifs is 1. The van der Waals surface area contributed by atoms with Gasteiger partial charge in [0.25, 0.3) is 0 Å². The topological polar surface area (TPSA) is 49.3 Å². The van der Waals surface area contributed by atoms with Gasteiger partial charge >= 0.3 is 5.97 Å². The maximum Gasteiger partial charge on any atom is 0.304 e. The zero-order chi connectivity index (χ0) is 15.4. The van der Waals surface area contributed by atoms with Crippen molar-refractivity contribution in [1.29, 1.82) is 0 Å². The summed E-state index contributed by atoms with van der Waals surface area (Å²) in [7, 11) is 0. The van der Waals surface area contributed by atoms with Crippen molar-refractivity contribution in [2.45, 2.75) is 13.0 Å². The van der Waals surface area contributed by atoms with Crippen LogP contribution in [0.15, 0.2) is 54.6 Å². The highest BCUT2D eigenvalue weighted by Gasteiger charge is 2.05. The van der Waals surface area contributed by atoms with Gasteiger partial charge in [-0.2, -0.15) is 0 Å². The molecule has 1 heterocycles. The lowest BCUT2D eigenvalue weighted by Crippen LogP contribution is -2.17. The smallest absolute Gasteiger partial charge is 0.304 e. The standard InChI is InChI=1S/C18H17NO2S/c20-18(21)8-9-19-12-13-6-7-16-15(10-13)11-17(22-16)14-4-2-1-3-5-14/h1-7,10-11,19H,8-9,12H2,(H,20,21). The van der Waals surface area contributed by atoms with Crippen LogP contribution in [-0.2, 0) is 11.3 Å². The Morgan fingerprint density at radius 3 is 2.68 bits per heavy atom. The third kappa shape index (κ3) is 3.53. The number of rotatable bonds is 6. The van der Waals surface area contributed by atoms with E-state index in [0.29, 0.717) is 13.1 Å². The number of aliphatic carboxylic acids is 1. The van der Waals surface area contributed by atoms with E-state index in [4.69, 9.17) is 5.11 Å². The normalized spacial score (nSPS) is 10.9. The Hall–Kier alpha value is -2.17. The molecule has 0 saturated carbocycles. The van der Waals surface area contributed by atoms with Crippen LogP contribution in [0.3, 0.4) is 0 Å². The lowest BCUT2D eigenvalue weighted by atomic mass is 10.1. The van der Waals surface area contributed by atoms with E-state index in [-0.39, 0.29) is 6.42 Å². The predicted octanol–water partition coefficient (Wildman–Crippen LogP) is 4.13. The molecular weight excluding hydrogens is 294 g/mol. The fraction of sp³-hybridized carbons (Fsp3) is 0.167. The van der Waals surface area contributed by atoms with E-state index in [1.54, 1.807) is 11.3 Å². The molecule has 0 saturated heterocycles. The SMILES string of the molecule is O=C(O)CCNCc1ccc2sc(-c3ccccc3)cc2c1. The molecule has 112 valence electrons. The molecule has 4 heteroatoms. The molecule has 0 spiro atoms. The van der Waals surface area contributed by atoms with E-state index in [2.05, 4.69) is 53.8 Å². The summed E-state index contributed by atoms with van der Waals surface area (Å²) in [4.78, 5) is 11.8. The van der Waals surface area contributed by atoms with Crippen LogP contribution in [0.1, 0.15) is 12.0 Å². The first-order chi connectivity index (χ1) is 10.7. The minimum absolute atomic E-state index is 0.152. The molecule has 0 unspecified atom stereocenters. The summed E-state index contributed by atoms with van der Waals surface area (Å²) in [6.45, 7) is 1.19. The van der Waals surface area contributed by atoms with E-state index in [1.165, 1.54) is 26.1 Å². The average Bonchev–Trinajstić information content (AvgIpc) is 2.95. The van der Waals surface area contributed by atoms with Crippen LogP contribution < -0.4 is 5.32 Å². The van der Waals surface area contributed by atoms with Gasteiger partial charge in [0, 0.05) is 22.7 Å². The third-order valence-electron chi connectivity index (χ3n) is 3.48. The first kappa shape index (κ1) is 14.8. The zero-order valence-corrected chi connectivity index (χ0v) is 12.9. The number of hydrogen-bond donors (Lipinski definition) is 2. The van der Waals surface area contributed by atoms with Crippen LogP contribution in [-0.4, -0.2) is 17.6 Å². The second-order valence-corrected chi connectivity index (χ2v) is 6.25. The van der Waals surface area contributed by atoms with Crippen LogP contribution in [0.25, 0.3) is 20.5 Å². The molecule has 0 bridgehead atoms. The van der Waals surface area contributed by atoms with E-state index in [9.17, 15) is 4.79 Å². The summed E-state index contributed by atoms with van der Waals surface area (Å²) < 4.78 is 1.27. The van der Waals surface area contributed by atoms with Crippen molar-refractivity contribution in [2.24, 2.45) is 0 Å². The van der Waals surface area contributed by atoms with Crippen LogP contribution in [0.4, 0.5) is 0 Å². The molecule has 3 rings (SSSR count). The monoisotopic (exact) mass is 311 g/mol. The Kier molecular flexibility index (Phi) is 4.51. The highest BCUT2D eigenvalue weighted by atomic mass is 32.1. The largest absolute Gasteiger partial charge is 0.481 e. The number of carbonyl (C=O) groups is 1. The molecule has 0 amide bonds. The van der Waals surface area contributed by atoms with Gasteiger partial charge in [-0.05, 0) is 34.7 Å². The molecule has 2 N–H and O–H groups in total. The maximum absolute atomic E-state index is 10.5. The molecule has 0 radical (unpaired) electrons. The first-order valence-corrected chi connectivity index (χ1v) is 8.04. The van der Waals surface area contributed by atoms with Crippen molar-refractivity contribution in [2.75, 3.05) is 6.54 Å². The van der Waals surface area contributed by atoms with Gasteiger partial charge in [0.1, 0.15) is 0 Å². The number of hydrogen-bond acceptors (Lipinski definition) is 3. The molecule has 22 heavy (non-hydrogen) atoms. The quantitative estimate of drug-likeness (QED) is 0.673. The molecule has 0 aliphatic heterocycles. The molecule has 3 aromatic rings. The summed E-state index contributed by atoms with van der Waals surface area (Å²) in [5.41, 5.74) is 2.42. The summed E-state index contributed by atoms with van der Waals surface area (Å²) in [6, 6.07) is 19.0.